The molecule has 0 radical (unpaired) electrons. The van der Waals surface area contributed by atoms with Crippen LogP contribution < -0.4 is 0 Å². The van der Waals surface area contributed by atoms with Gasteiger partial charge in [0.15, 0.2) is 0 Å². The van der Waals surface area contributed by atoms with Crippen LogP contribution in [0.4, 0.5) is 0 Å². The molecule has 0 spiro atoms. The minimum atomic E-state index is 0. The first-order valence-corrected chi connectivity index (χ1v) is 6.25. The van der Waals surface area contributed by atoms with Crippen molar-refractivity contribution in [1.82, 2.24) is 18.3 Å². The normalized spacial score (nSPS) is 9.88. The van der Waals surface area contributed by atoms with Gasteiger partial charge in [0, 0.05) is 0 Å². The van der Waals surface area contributed by atoms with Crippen molar-refractivity contribution in [3.8, 4) is 0 Å². The Morgan fingerprint density at radius 1 is 0.647 bits per heavy atom. The van der Waals surface area contributed by atoms with Gasteiger partial charge in [-0.05, 0) is 0 Å². The Morgan fingerprint density at radius 3 is 1.12 bits per heavy atom. The second kappa shape index (κ2) is 6.56. The van der Waals surface area contributed by atoms with E-state index < -0.39 is 0 Å². The predicted molar refractivity (Wildman–Crippen MR) is 69.8 cm³/mol. The third-order valence-electron chi connectivity index (χ3n) is 2.25. The zero-order valence-corrected chi connectivity index (χ0v) is 13.4. The van der Waals surface area contributed by atoms with Gasteiger partial charge < -0.3 is 0 Å². The SMILES string of the molecule is Cl.Cl.Cn1ccn(C)[c]1=[Pd]=[c]1n(C)ccn1C. The van der Waals surface area contributed by atoms with Crippen molar-refractivity contribution in [3.05, 3.63) is 32.6 Å². The van der Waals surface area contributed by atoms with Crippen molar-refractivity contribution in [2.45, 2.75) is 0 Å². The third-order valence-corrected chi connectivity index (χ3v) is 5.13. The van der Waals surface area contributed by atoms with E-state index in [1.807, 2.05) is 0 Å². The molecule has 102 valence electrons. The Hall–Kier alpha value is -0.338. The summed E-state index contributed by atoms with van der Waals surface area (Å²) in [6.07, 6.45) is 8.38. The van der Waals surface area contributed by atoms with Gasteiger partial charge in [0.1, 0.15) is 0 Å². The summed E-state index contributed by atoms with van der Waals surface area (Å²) in [7, 11) is 8.38. The fourth-order valence-corrected chi connectivity index (χ4v) is 3.28. The van der Waals surface area contributed by atoms with Crippen LogP contribution in [0.1, 0.15) is 0 Å². The molecule has 0 unspecified atom stereocenters. The van der Waals surface area contributed by atoms with Gasteiger partial charge in [-0.1, -0.05) is 0 Å². The molecule has 0 N–H and O–H groups in total. The molecule has 0 saturated carbocycles. The Labute approximate surface area is 121 Å². The van der Waals surface area contributed by atoms with Crippen molar-refractivity contribution >= 4 is 24.8 Å². The average Bonchev–Trinajstić information content (AvgIpc) is 2.67. The average molecular weight is 372 g/mol. The van der Waals surface area contributed by atoms with Gasteiger partial charge in [0.05, 0.1) is 0 Å². The first-order valence-electron chi connectivity index (χ1n) is 4.70. The fourth-order valence-electron chi connectivity index (χ4n) is 1.41. The van der Waals surface area contributed by atoms with Crippen LogP contribution in [0.2, 0.25) is 0 Å². The molecule has 0 fully saturated rings. The fraction of sp³-hybridized carbons (Fsp3) is 0.400. The number of hydrogen-bond acceptors (Lipinski definition) is 0. The van der Waals surface area contributed by atoms with Crippen LogP contribution in [-0.4, -0.2) is 18.3 Å². The van der Waals surface area contributed by atoms with Crippen molar-refractivity contribution < 1.29 is 17.1 Å². The molecule has 0 bridgehead atoms. The zero-order chi connectivity index (χ0) is 11.0. The summed E-state index contributed by atoms with van der Waals surface area (Å²) in [6.45, 7) is 0. The van der Waals surface area contributed by atoms with Gasteiger partial charge in [0.25, 0.3) is 0 Å². The number of rotatable bonds is 0. The second-order valence-electron chi connectivity index (χ2n) is 3.60. The van der Waals surface area contributed by atoms with Crippen LogP contribution in [-0.2, 0) is 45.3 Å². The van der Waals surface area contributed by atoms with E-state index in [1.165, 1.54) is 7.78 Å². The Kier molecular flexibility index (Phi) is 6.43. The maximum absolute atomic E-state index is 2.18. The van der Waals surface area contributed by atoms with E-state index in [-0.39, 0.29) is 24.8 Å². The van der Waals surface area contributed by atoms with Gasteiger partial charge in [-0.25, -0.2) is 0 Å². The molecular weight excluding hydrogens is 353 g/mol. The van der Waals surface area contributed by atoms with Gasteiger partial charge in [-0.3, -0.25) is 0 Å². The summed E-state index contributed by atoms with van der Waals surface area (Å²) in [5.41, 5.74) is 0. The van der Waals surface area contributed by atoms with Crippen LogP contribution >= 0.6 is 24.8 Å². The summed E-state index contributed by atoms with van der Waals surface area (Å²) >= 11 is 0.456. The van der Waals surface area contributed by atoms with E-state index >= 15 is 0 Å². The molecule has 0 amide bonds. The van der Waals surface area contributed by atoms with Crippen molar-refractivity contribution in [2.75, 3.05) is 0 Å². The zero-order valence-electron chi connectivity index (χ0n) is 10.2. The number of aromatic nitrogens is 4. The Balaban J connectivity index is 0.00000128. The molecule has 0 aliphatic carbocycles. The van der Waals surface area contributed by atoms with Crippen LogP contribution in [0.25, 0.3) is 0 Å². The summed E-state index contributed by atoms with van der Waals surface area (Å²) in [5.74, 6) is 0. The molecule has 2 heterocycles. The van der Waals surface area contributed by atoms with Crippen molar-refractivity contribution in [1.29, 1.82) is 0 Å². The summed E-state index contributed by atoms with van der Waals surface area (Å²) < 4.78 is 11.4. The van der Waals surface area contributed by atoms with E-state index in [1.54, 1.807) is 0 Å². The molecule has 7 heteroatoms. The second-order valence-corrected chi connectivity index (χ2v) is 5.38. The van der Waals surface area contributed by atoms with E-state index in [4.69, 9.17) is 0 Å². The van der Waals surface area contributed by atoms with Gasteiger partial charge in [-0.2, -0.15) is 0 Å². The number of aryl methyl sites for hydroxylation is 4. The van der Waals surface area contributed by atoms with Gasteiger partial charge in [-0.15, -0.1) is 24.8 Å². The molecule has 0 atom stereocenters. The summed E-state index contributed by atoms with van der Waals surface area (Å²) in [6, 6.07) is 0. The summed E-state index contributed by atoms with van der Waals surface area (Å²) in [5, 5.41) is 0. The third kappa shape index (κ3) is 3.32. The molecule has 17 heavy (non-hydrogen) atoms. The molecule has 0 aliphatic heterocycles. The summed E-state index contributed by atoms with van der Waals surface area (Å²) in [4.78, 5) is 0. The van der Waals surface area contributed by atoms with E-state index in [9.17, 15) is 0 Å². The van der Waals surface area contributed by atoms with E-state index in [0.29, 0.717) is 17.1 Å². The number of nitrogens with zero attached hydrogens (tertiary/aromatic N) is 4. The van der Waals surface area contributed by atoms with Gasteiger partial charge >= 0.3 is 96.1 Å². The molecule has 2 aromatic heterocycles. The first kappa shape index (κ1) is 16.7. The number of halogens is 2. The predicted octanol–water partition coefficient (Wildman–Crippen LogP) is 1.73. The minimum absolute atomic E-state index is 0. The number of imidazole rings is 2. The van der Waals surface area contributed by atoms with E-state index in [2.05, 4.69) is 71.2 Å². The number of hydrogen-bond donors (Lipinski definition) is 0. The quantitative estimate of drug-likeness (QED) is 0.629. The van der Waals surface area contributed by atoms with Crippen LogP contribution in [0.5, 0.6) is 0 Å². The molecule has 2 aromatic rings. The molecule has 0 aromatic carbocycles. The van der Waals surface area contributed by atoms with E-state index in [0.717, 1.165) is 0 Å². The molecule has 4 nitrogen and oxygen atoms in total. The first-order chi connectivity index (χ1) is 7.09. The van der Waals surface area contributed by atoms with Crippen LogP contribution in [0, 0.1) is 7.78 Å². The van der Waals surface area contributed by atoms with Gasteiger partial charge in [0.2, 0.25) is 0 Å². The standard InChI is InChI=1S/2C5H8N2.2ClH.Pd/c2*1-6-3-4-7(2)5-6;;;/h2*3-4H,1-2H3;2*1H;. The topological polar surface area (TPSA) is 19.7 Å². The maximum atomic E-state index is 2.18. The molecular formula is C10H18Cl2N4Pd. The van der Waals surface area contributed by atoms with Crippen LogP contribution in [0.15, 0.2) is 24.8 Å². The monoisotopic (exact) mass is 370 g/mol. The molecule has 2 rings (SSSR count). The van der Waals surface area contributed by atoms with Crippen molar-refractivity contribution in [3.63, 3.8) is 0 Å². The Bertz CT molecular complexity index is 528. The molecule has 0 saturated heterocycles. The van der Waals surface area contributed by atoms with Crippen molar-refractivity contribution in [2.24, 2.45) is 28.2 Å². The van der Waals surface area contributed by atoms with Crippen LogP contribution in [0.3, 0.4) is 0 Å². The Morgan fingerprint density at radius 2 is 0.882 bits per heavy atom. The molecule has 0 aliphatic rings.